The summed E-state index contributed by atoms with van der Waals surface area (Å²) in [5, 5.41) is 2.77. The van der Waals surface area contributed by atoms with Gasteiger partial charge in [0.2, 0.25) is 0 Å². The second kappa shape index (κ2) is 5.34. The standard InChI is InChI=1S/C15H14F3N/c1-9-5-10(2)7-11(6-9)8-19-13-4-3-12(16)14(17)15(13)18/h3-7,19H,8H2,1-2H3. The van der Waals surface area contributed by atoms with Crippen LogP contribution in [0.25, 0.3) is 0 Å². The Morgan fingerprint density at radius 2 is 1.53 bits per heavy atom. The van der Waals surface area contributed by atoms with Crippen molar-refractivity contribution in [1.29, 1.82) is 0 Å². The molecule has 0 bridgehead atoms. The third-order valence-corrected chi connectivity index (χ3v) is 2.80. The topological polar surface area (TPSA) is 12.0 Å². The van der Waals surface area contributed by atoms with E-state index < -0.39 is 17.5 Å². The first kappa shape index (κ1) is 13.5. The van der Waals surface area contributed by atoms with Gasteiger partial charge in [-0.05, 0) is 31.5 Å². The molecule has 0 aliphatic heterocycles. The van der Waals surface area contributed by atoms with Crippen LogP contribution in [0.15, 0.2) is 30.3 Å². The first-order valence-corrected chi connectivity index (χ1v) is 5.92. The van der Waals surface area contributed by atoms with Crippen LogP contribution in [0.5, 0.6) is 0 Å². The SMILES string of the molecule is Cc1cc(C)cc(CNc2ccc(F)c(F)c2F)c1. The Balaban J connectivity index is 2.17. The van der Waals surface area contributed by atoms with Gasteiger partial charge in [-0.3, -0.25) is 0 Å². The van der Waals surface area contributed by atoms with Gasteiger partial charge in [-0.25, -0.2) is 13.2 Å². The predicted molar refractivity (Wildman–Crippen MR) is 69.6 cm³/mol. The number of anilines is 1. The lowest BCUT2D eigenvalue weighted by atomic mass is 10.1. The average Bonchev–Trinajstić information content (AvgIpc) is 2.34. The van der Waals surface area contributed by atoms with Crippen LogP contribution in [0.1, 0.15) is 16.7 Å². The molecule has 0 saturated heterocycles. The van der Waals surface area contributed by atoms with E-state index in [0.29, 0.717) is 6.54 Å². The molecule has 0 aromatic heterocycles. The van der Waals surface area contributed by atoms with Crippen LogP contribution >= 0.6 is 0 Å². The molecule has 0 radical (unpaired) electrons. The minimum Gasteiger partial charge on any atom is -0.379 e. The van der Waals surface area contributed by atoms with E-state index >= 15 is 0 Å². The number of nitrogens with one attached hydrogen (secondary N) is 1. The molecule has 4 heteroatoms. The summed E-state index contributed by atoms with van der Waals surface area (Å²) in [6.45, 7) is 4.29. The number of benzene rings is 2. The molecule has 0 amide bonds. The Bertz CT molecular complexity index is 588. The zero-order valence-electron chi connectivity index (χ0n) is 10.7. The first-order chi connectivity index (χ1) is 8.97. The Hall–Kier alpha value is -1.97. The molecule has 0 fully saturated rings. The first-order valence-electron chi connectivity index (χ1n) is 5.92. The lowest BCUT2D eigenvalue weighted by Crippen LogP contribution is -2.04. The molecule has 1 N–H and O–H groups in total. The maximum atomic E-state index is 13.4. The number of rotatable bonds is 3. The summed E-state index contributed by atoms with van der Waals surface area (Å²) in [7, 11) is 0. The smallest absolute Gasteiger partial charge is 0.196 e. The molecule has 100 valence electrons. The van der Waals surface area contributed by atoms with E-state index in [0.717, 1.165) is 22.8 Å². The van der Waals surface area contributed by atoms with Gasteiger partial charge in [0.1, 0.15) is 0 Å². The van der Waals surface area contributed by atoms with Gasteiger partial charge in [-0.15, -0.1) is 0 Å². The lowest BCUT2D eigenvalue weighted by Gasteiger charge is -2.10. The Morgan fingerprint density at radius 3 is 2.16 bits per heavy atom. The fraction of sp³-hybridized carbons (Fsp3) is 0.200. The molecule has 0 spiro atoms. The molecule has 19 heavy (non-hydrogen) atoms. The van der Waals surface area contributed by atoms with E-state index in [2.05, 4.69) is 5.32 Å². The van der Waals surface area contributed by atoms with Crippen LogP contribution in [0.3, 0.4) is 0 Å². The van der Waals surface area contributed by atoms with Crippen molar-refractivity contribution in [2.75, 3.05) is 5.32 Å². The Morgan fingerprint density at radius 1 is 0.895 bits per heavy atom. The van der Waals surface area contributed by atoms with Gasteiger partial charge in [0.15, 0.2) is 17.5 Å². The molecular weight excluding hydrogens is 251 g/mol. The third-order valence-electron chi connectivity index (χ3n) is 2.80. The van der Waals surface area contributed by atoms with Crippen molar-refractivity contribution in [1.82, 2.24) is 0 Å². The van der Waals surface area contributed by atoms with E-state index in [4.69, 9.17) is 0 Å². The van der Waals surface area contributed by atoms with Crippen molar-refractivity contribution in [3.63, 3.8) is 0 Å². The van der Waals surface area contributed by atoms with Crippen molar-refractivity contribution >= 4 is 5.69 Å². The summed E-state index contributed by atoms with van der Waals surface area (Å²) in [5.74, 6) is -3.83. The Labute approximate surface area is 110 Å². The second-order valence-corrected chi connectivity index (χ2v) is 4.57. The summed E-state index contributed by atoms with van der Waals surface area (Å²) in [5.41, 5.74) is 3.12. The van der Waals surface area contributed by atoms with Gasteiger partial charge in [-0.1, -0.05) is 29.3 Å². The highest BCUT2D eigenvalue weighted by atomic mass is 19.2. The predicted octanol–water partition coefficient (Wildman–Crippen LogP) is 4.33. The molecular formula is C15H14F3N. The summed E-state index contributed by atoms with van der Waals surface area (Å²) in [6, 6.07) is 8.04. The quantitative estimate of drug-likeness (QED) is 0.814. The molecule has 1 nitrogen and oxygen atoms in total. The van der Waals surface area contributed by atoms with E-state index in [1.165, 1.54) is 6.07 Å². The van der Waals surface area contributed by atoms with Crippen LogP contribution in [-0.4, -0.2) is 0 Å². The molecule has 0 atom stereocenters. The monoisotopic (exact) mass is 265 g/mol. The highest BCUT2D eigenvalue weighted by Gasteiger charge is 2.12. The zero-order chi connectivity index (χ0) is 14.0. The summed E-state index contributed by atoms with van der Waals surface area (Å²) < 4.78 is 39.3. The van der Waals surface area contributed by atoms with Crippen molar-refractivity contribution < 1.29 is 13.2 Å². The van der Waals surface area contributed by atoms with Gasteiger partial charge in [0.25, 0.3) is 0 Å². The van der Waals surface area contributed by atoms with Crippen LogP contribution in [0.4, 0.5) is 18.9 Å². The lowest BCUT2D eigenvalue weighted by molar-refractivity contribution is 0.449. The molecule has 0 aliphatic rings. The minimum atomic E-state index is -1.45. The van der Waals surface area contributed by atoms with Gasteiger partial charge >= 0.3 is 0 Å². The average molecular weight is 265 g/mol. The zero-order valence-corrected chi connectivity index (χ0v) is 10.7. The molecule has 0 unspecified atom stereocenters. The number of hydrogen-bond donors (Lipinski definition) is 1. The fourth-order valence-corrected chi connectivity index (χ4v) is 2.03. The number of hydrogen-bond acceptors (Lipinski definition) is 1. The normalized spacial score (nSPS) is 10.6. The number of aryl methyl sites for hydroxylation is 2. The van der Waals surface area contributed by atoms with Crippen LogP contribution < -0.4 is 5.32 Å². The van der Waals surface area contributed by atoms with Crippen molar-refractivity contribution in [2.24, 2.45) is 0 Å². The fourth-order valence-electron chi connectivity index (χ4n) is 2.03. The van der Waals surface area contributed by atoms with E-state index in [1.54, 1.807) is 0 Å². The van der Waals surface area contributed by atoms with Crippen molar-refractivity contribution in [3.8, 4) is 0 Å². The van der Waals surface area contributed by atoms with Crippen molar-refractivity contribution in [3.05, 3.63) is 64.5 Å². The largest absolute Gasteiger partial charge is 0.379 e. The minimum absolute atomic E-state index is 0.0435. The van der Waals surface area contributed by atoms with Gasteiger partial charge < -0.3 is 5.32 Å². The molecule has 2 aromatic carbocycles. The van der Waals surface area contributed by atoms with Crippen molar-refractivity contribution in [2.45, 2.75) is 20.4 Å². The molecule has 0 saturated carbocycles. The third kappa shape index (κ3) is 3.08. The maximum absolute atomic E-state index is 13.4. The van der Waals surface area contributed by atoms with Crippen LogP contribution in [0.2, 0.25) is 0 Å². The van der Waals surface area contributed by atoms with Gasteiger partial charge in [-0.2, -0.15) is 0 Å². The summed E-state index contributed by atoms with van der Waals surface area (Å²) in [4.78, 5) is 0. The highest BCUT2D eigenvalue weighted by molar-refractivity contribution is 5.46. The van der Waals surface area contributed by atoms with Gasteiger partial charge in [0, 0.05) is 6.54 Å². The molecule has 0 aliphatic carbocycles. The number of halogens is 3. The van der Waals surface area contributed by atoms with Crippen LogP contribution in [0, 0.1) is 31.3 Å². The second-order valence-electron chi connectivity index (χ2n) is 4.57. The maximum Gasteiger partial charge on any atom is 0.196 e. The molecule has 2 aromatic rings. The Kier molecular flexibility index (Phi) is 3.79. The van der Waals surface area contributed by atoms with E-state index in [1.807, 2.05) is 32.0 Å². The van der Waals surface area contributed by atoms with E-state index in [-0.39, 0.29) is 5.69 Å². The van der Waals surface area contributed by atoms with E-state index in [9.17, 15) is 13.2 Å². The van der Waals surface area contributed by atoms with Crippen LogP contribution in [-0.2, 0) is 6.54 Å². The highest BCUT2D eigenvalue weighted by Crippen LogP contribution is 2.20. The summed E-state index contributed by atoms with van der Waals surface area (Å²) in [6.07, 6.45) is 0. The molecule has 2 rings (SSSR count). The molecule has 0 heterocycles. The van der Waals surface area contributed by atoms with Gasteiger partial charge in [0.05, 0.1) is 5.69 Å². The summed E-state index contributed by atoms with van der Waals surface area (Å²) >= 11 is 0.